The summed E-state index contributed by atoms with van der Waals surface area (Å²) in [5.74, 6) is -2.13. The zero-order chi connectivity index (χ0) is 20.2. The van der Waals surface area contributed by atoms with Crippen LogP contribution < -0.4 is 5.32 Å². The van der Waals surface area contributed by atoms with Crippen molar-refractivity contribution < 1.29 is 35.9 Å². The first kappa shape index (κ1) is 21.2. The van der Waals surface area contributed by atoms with E-state index in [1.165, 1.54) is 16.4 Å². The molecular weight excluding hydrogens is 389 g/mol. The van der Waals surface area contributed by atoms with E-state index in [-0.39, 0.29) is 25.9 Å². The fourth-order valence-corrected chi connectivity index (χ4v) is 3.58. The van der Waals surface area contributed by atoms with Gasteiger partial charge in [-0.2, -0.15) is 13.2 Å². The van der Waals surface area contributed by atoms with Gasteiger partial charge in [-0.3, -0.25) is 9.59 Å². The summed E-state index contributed by atoms with van der Waals surface area (Å²) < 4.78 is 67.6. The predicted molar refractivity (Wildman–Crippen MR) is 90.2 cm³/mol. The molecule has 11 heteroatoms. The second-order valence-electron chi connectivity index (χ2n) is 6.14. The Hall–Kier alpha value is -2.14. The smallest absolute Gasteiger partial charge is 0.418 e. The minimum Gasteiger partial charge on any atom is -0.455 e. The van der Waals surface area contributed by atoms with Crippen molar-refractivity contribution in [3.63, 3.8) is 0 Å². The fourth-order valence-electron chi connectivity index (χ4n) is 2.70. The lowest BCUT2D eigenvalue weighted by Crippen LogP contribution is -2.40. The number of ether oxygens (including phenoxy) is 1. The van der Waals surface area contributed by atoms with Crippen LogP contribution in [0.5, 0.6) is 0 Å². The number of carbonyl (C=O) groups is 2. The van der Waals surface area contributed by atoms with Crippen molar-refractivity contribution in [3.05, 3.63) is 29.8 Å². The number of rotatable bonds is 5. The fraction of sp³-hybridized carbons (Fsp3) is 0.500. The Morgan fingerprint density at radius 3 is 2.37 bits per heavy atom. The number of anilines is 1. The summed E-state index contributed by atoms with van der Waals surface area (Å²) in [5, 5.41) is 2.08. The number of nitrogens with zero attached hydrogens (tertiary/aromatic N) is 1. The molecule has 0 spiro atoms. The first-order valence-corrected chi connectivity index (χ1v) is 9.91. The Balaban J connectivity index is 1.86. The molecule has 0 atom stereocenters. The molecule has 0 aliphatic carbocycles. The Morgan fingerprint density at radius 2 is 1.81 bits per heavy atom. The zero-order valence-corrected chi connectivity index (χ0v) is 15.3. The number of para-hydroxylation sites is 1. The van der Waals surface area contributed by atoms with E-state index < -0.39 is 51.9 Å². The maximum Gasteiger partial charge on any atom is 0.418 e. The zero-order valence-electron chi connectivity index (χ0n) is 14.5. The largest absolute Gasteiger partial charge is 0.455 e. The third kappa shape index (κ3) is 5.93. The molecule has 0 aromatic heterocycles. The van der Waals surface area contributed by atoms with Gasteiger partial charge in [0.15, 0.2) is 6.61 Å². The highest BCUT2D eigenvalue weighted by Crippen LogP contribution is 2.34. The summed E-state index contributed by atoms with van der Waals surface area (Å²) in [6.45, 7) is -0.384. The normalized spacial score (nSPS) is 16.7. The van der Waals surface area contributed by atoms with E-state index in [9.17, 15) is 31.2 Å². The Bertz CT molecular complexity index is 803. The van der Waals surface area contributed by atoms with Crippen molar-refractivity contribution in [3.8, 4) is 0 Å². The second-order valence-corrected chi connectivity index (χ2v) is 8.12. The van der Waals surface area contributed by atoms with Crippen LogP contribution >= 0.6 is 0 Å². The molecule has 1 fully saturated rings. The first-order chi connectivity index (χ1) is 12.5. The molecule has 2 rings (SSSR count). The van der Waals surface area contributed by atoms with Crippen LogP contribution in [0.1, 0.15) is 18.4 Å². The van der Waals surface area contributed by atoms with Crippen molar-refractivity contribution in [2.75, 3.05) is 31.3 Å². The predicted octanol–water partition coefficient (Wildman–Crippen LogP) is 1.86. The molecular formula is C16H19F3N2O5S. The molecule has 1 aliphatic heterocycles. The molecule has 0 unspecified atom stereocenters. The number of halogens is 3. The van der Waals surface area contributed by atoms with Gasteiger partial charge in [0.25, 0.3) is 5.91 Å². The number of carbonyl (C=O) groups excluding carboxylic acids is 2. The summed E-state index contributed by atoms with van der Waals surface area (Å²) in [5.41, 5.74) is -1.43. The first-order valence-electron chi connectivity index (χ1n) is 8.06. The van der Waals surface area contributed by atoms with Crippen LogP contribution in [0.3, 0.4) is 0 Å². The van der Waals surface area contributed by atoms with E-state index in [0.717, 1.165) is 18.4 Å². The molecule has 1 aromatic rings. The van der Waals surface area contributed by atoms with Crippen LogP contribution in [0.15, 0.2) is 24.3 Å². The van der Waals surface area contributed by atoms with E-state index in [1.54, 1.807) is 0 Å². The lowest BCUT2D eigenvalue weighted by molar-refractivity contribution is -0.152. The van der Waals surface area contributed by atoms with Crippen LogP contribution in [-0.4, -0.2) is 50.6 Å². The van der Waals surface area contributed by atoms with Crippen molar-refractivity contribution in [1.29, 1.82) is 0 Å². The van der Waals surface area contributed by atoms with Gasteiger partial charge >= 0.3 is 12.1 Å². The Morgan fingerprint density at radius 1 is 1.22 bits per heavy atom. The number of sulfonamides is 1. The van der Waals surface area contributed by atoms with Crippen molar-refractivity contribution in [2.24, 2.45) is 5.92 Å². The second kappa shape index (κ2) is 8.26. The monoisotopic (exact) mass is 408 g/mol. The third-order valence-electron chi connectivity index (χ3n) is 4.11. The Kier molecular flexibility index (Phi) is 6.47. The average molecular weight is 408 g/mol. The topological polar surface area (TPSA) is 92.8 Å². The number of amides is 1. The summed E-state index contributed by atoms with van der Waals surface area (Å²) >= 11 is 0. The summed E-state index contributed by atoms with van der Waals surface area (Å²) in [6.07, 6.45) is -3.04. The molecule has 27 heavy (non-hydrogen) atoms. The van der Waals surface area contributed by atoms with Crippen LogP contribution in [0.2, 0.25) is 0 Å². The minimum absolute atomic E-state index is 0.170. The van der Waals surface area contributed by atoms with Crippen LogP contribution in [0, 0.1) is 5.92 Å². The molecule has 1 N–H and O–H groups in total. The van der Waals surface area contributed by atoms with E-state index in [2.05, 4.69) is 5.32 Å². The number of hydrogen-bond acceptors (Lipinski definition) is 5. The molecule has 1 heterocycles. The molecule has 0 saturated carbocycles. The molecule has 1 aromatic carbocycles. The van der Waals surface area contributed by atoms with E-state index in [1.807, 2.05) is 0 Å². The highest BCUT2D eigenvalue weighted by molar-refractivity contribution is 7.88. The van der Waals surface area contributed by atoms with Gasteiger partial charge in [-0.1, -0.05) is 12.1 Å². The number of esters is 1. The van der Waals surface area contributed by atoms with Gasteiger partial charge in [0.05, 0.1) is 23.4 Å². The number of piperidine rings is 1. The lowest BCUT2D eigenvalue weighted by atomic mass is 9.98. The maximum atomic E-state index is 12.9. The van der Waals surface area contributed by atoms with Gasteiger partial charge in [-0.25, -0.2) is 12.7 Å². The van der Waals surface area contributed by atoms with Gasteiger partial charge < -0.3 is 10.1 Å². The molecule has 1 aliphatic rings. The molecule has 150 valence electrons. The maximum absolute atomic E-state index is 12.9. The van der Waals surface area contributed by atoms with E-state index >= 15 is 0 Å². The number of alkyl halides is 3. The summed E-state index contributed by atoms with van der Waals surface area (Å²) in [7, 11) is -3.33. The van der Waals surface area contributed by atoms with Crippen molar-refractivity contribution >= 4 is 27.6 Å². The third-order valence-corrected chi connectivity index (χ3v) is 5.41. The standard InChI is InChI=1S/C16H19F3N2O5S/c1-27(24,25)21-8-6-11(7-9-21)15(23)26-10-14(22)20-13-5-3-2-4-12(13)16(17,18)19/h2-5,11H,6-10H2,1H3,(H,20,22). The van der Waals surface area contributed by atoms with Gasteiger partial charge in [0.1, 0.15) is 0 Å². The molecule has 7 nitrogen and oxygen atoms in total. The van der Waals surface area contributed by atoms with Crippen molar-refractivity contribution in [1.82, 2.24) is 4.31 Å². The highest BCUT2D eigenvalue weighted by Gasteiger charge is 2.34. The number of nitrogens with one attached hydrogen (secondary N) is 1. The van der Waals surface area contributed by atoms with Gasteiger partial charge in [0, 0.05) is 13.1 Å². The molecule has 1 saturated heterocycles. The highest BCUT2D eigenvalue weighted by atomic mass is 32.2. The lowest BCUT2D eigenvalue weighted by Gasteiger charge is -2.28. The van der Waals surface area contributed by atoms with Crippen LogP contribution in [0.4, 0.5) is 18.9 Å². The minimum atomic E-state index is -4.63. The van der Waals surface area contributed by atoms with Gasteiger partial charge in [-0.05, 0) is 25.0 Å². The molecule has 1 amide bonds. The molecule has 0 bridgehead atoms. The average Bonchev–Trinajstić information content (AvgIpc) is 2.58. The van der Waals surface area contributed by atoms with Crippen LogP contribution in [0.25, 0.3) is 0 Å². The van der Waals surface area contributed by atoms with Gasteiger partial charge in [-0.15, -0.1) is 0 Å². The van der Waals surface area contributed by atoms with Crippen molar-refractivity contribution in [2.45, 2.75) is 19.0 Å². The summed E-state index contributed by atoms with van der Waals surface area (Å²) in [6, 6.07) is 4.47. The number of benzene rings is 1. The van der Waals surface area contributed by atoms with E-state index in [4.69, 9.17) is 4.74 Å². The number of hydrogen-bond donors (Lipinski definition) is 1. The van der Waals surface area contributed by atoms with E-state index in [0.29, 0.717) is 0 Å². The van der Waals surface area contributed by atoms with Crippen LogP contribution in [-0.2, 0) is 30.5 Å². The van der Waals surface area contributed by atoms with Gasteiger partial charge in [0.2, 0.25) is 10.0 Å². The molecule has 0 radical (unpaired) electrons. The Labute approximate surface area is 154 Å². The SMILES string of the molecule is CS(=O)(=O)N1CCC(C(=O)OCC(=O)Nc2ccccc2C(F)(F)F)CC1. The summed E-state index contributed by atoms with van der Waals surface area (Å²) in [4.78, 5) is 23.8. The quantitative estimate of drug-likeness (QED) is 0.751.